The van der Waals surface area contributed by atoms with Crippen molar-refractivity contribution in [1.29, 1.82) is 0 Å². The Hall–Kier alpha value is -0.353. The van der Waals surface area contributed by atoms with Crippen LogP contribution in [0, 0.1) is 0 Å². The van der Waals surface area contributed by atoms with Gasteiger partial charge in [0.15, 0.2) is 0 Å². The fourth-order valence-corrected chi connectivity index (χ4v) is 3.62. The molecule has 1 aromatic carbocycles. The van der Waals surface area contributed by atoms with Gasteiger partial charge in [0.25, 0.3) is 0 Å². The Morgan fingerprint density at radius 2 is 1.73 bits per heavy atom. The van der Waals surface area contributed by atoms with Gasteiger partial charge in [-0.3, -0.25) is 0 Å². The molecule has 84 valence electrons. The molecule has 0 aliphatic heterocycles. The van der Waals surface area contributed by atoms with Crippen molar-refractivity contribution < 1.29 is 8.85 Å². The van der Waals surface area contributed by atoms with Crippen LogP contribution in [0.5, 0.6) is 0 Å². The zero-order valence-corrected chi connectivity index (χ0v) is 11.1. The van der Waals surface area contributed by atoms with E-state index in [4.69, 9.17) is 20.5 Å². The van der Waals surface area contributed by atoms with Crippen LogP contribution in [0.1, 0.15) is 19.4 Å². The SMILES string of the molecule is CCO[SiH](OCC)c1ccccc1CCl. The molecule has 15 heavy (non-hydrogen) atoms. The van der Waals surface area contributed by atoms with Crippen LogP contribution in [0.3, 0.4) is 0 Å². The maximum Gasteiger partial charge on any atom is 0.356 e. The van der Waals surface area contributed by atoms with Gasteiger partial charge in [0.2, 0.25) is 0 Å². The second-order valence-electron chi connectivity index (χ2n) is 3.08. The van der Waals surface area contributed by atoms with Crippen LogP contribution < -0.4 is 5.19 Å². The van der Waals surface area contributed by atoms with Crippen molar-refractivity contribution in [3.05, 3.63) is 29.8 Å². The molecule has 0 N–H and O–H groups in total. The van der Waals surface area contributed by atoms with Crippen LogP contribution in [0.25, 0.3) is 0 Å². The van der Waals surface area contributed by atoms with Gasteiger partial charge in [-0.15, -0.1) is 11.6 Å². The van der Waals surface area contributed by atoms with Gasteiger partial charge in [-0.25, -0.2) is 0 Å². The third-order valence-corrected chi connectivity index (χ3v) is 4.72. The fraction of sp³-hybridized carbons (Fsp3) is 0.455. The summed E-state index contributed by atoms with van der Waals surface area (Å²) in [5.74, 6) is 0.514. The Kier molecular flexibility index (Phi) is 5.94. The van der Waals surface area contributed by atoms with Crippen molar-refractivity contribution >= 4 is 26.1 Å². The molecule has 0 aromatic heterocycles. The molecular formula is C11H17ClO2Si. The molecule has 0 bridgehead atoms. The topological polar surface area (TPSA) is 18.5 Å². The highest BCUT2D eigenvalue weighted by atomic mass is 35.5. The summed E-state index contributed by atoms with van der Waals surface area (Å²) in [4.78, 5) is 0. The van der Waals surface area contributed by atoms with E-state index in [2.05, 4.69) is 6.07 Å². The van der Waals surface area contributed by atoms with Gasteiger partial charge in [0.05, 0.1) is 0 Å². The number of hydrogen-bond acceptors (Lipinski definition) is 2. The molecule has 0 fully saturated rings. The lowest BCUT2D eigenvalue weighted by molar-refractivity contribution is 0.225. The van der Waals surface area contributed by atoms with E-state index in [0.717, 1.165) is 10.8 Å². The van der Waals surface area contributed by atoms with Gasteiger partial charge >= 0.3 is 9.28 Å². The fourth-order valence-electron chi connectivity index (χ4n) is 1.42. The quantitative estimate of drug-likeness (QED) is 0.563. The van der Waals surface area contributed by atoms with E-state index < -0.39 is 9.28 Å². The molecule has 0 amide bonds. The second kappa shape index (κ2) is 7.01. The number of alkyl halides is 1. The van der Waals surface area contributed by atoms with Crippen molar-refractivity contribution in [1.82, 2.24) is 0 Å². The average Bonchev–Trinajstić information content (AvgIpc) is 2.29. The van der Waals surface area contributed by atoms with Crippen molar-refractivity contribution in [3.8, 4) is 0 Å². The smallest absolute Gasteiger partial charge is 0.356 e. The van der Waals surface area contributed by atoms with Crippen molar-refractivity contribution in [2.45, 2.75) is 19.7 Å². The van der Waals surface area contributed by atoms with Crippen LogP contribution in [0.15, 0.2) is 24.3 Å². The number of benzene rings is 1. The molecule has 0 radical (unpaired) electrons. The molecule has 0 aliphatic carbocycles. The summed E-state index contributed by atoms with van der Waals surface area (Å²) in [7, 11) is -1.73. The molecule has 0 saturated carbocycles. The summed E-state index contributed by atoms with van der Waals surface area (Å²) in [6, 6.07) is 8.08. The highest BCUT2D eigenvalue weighted by Gasteiger charge is 2.18. The molecule has 0 spiro atoms. The largest absolute Gasteiger partial charge is 0.394 e. The Labute approximate surface area is 98.0 Å². The van der Waals surface area contributed by atoms with Gasteiger partial charge in [-0.2, -0.15) is 0 Å². The van der Waals surface area contributed by atoms with Crippen LogP contribution in [-0.2, 0) is 14.7 Å². The predicted octanol–water partition coefficient (Wildman–Crippen LogP) is 1.93. The third-order valence-electron chi connectivity index (χ3n) is 2.09. The van der Waals surface area contributed by atoms with Gasteiger partial charge in [-0.1, -0.05) is 24.3 Å². The summed E-state index contributed by atoms with van der Waals surface area (Å²) in [6.07, 6.45) is 0. The summed E-state index contributed by atoms with van der Waals surface area (Å²) in [6.45, 7) is 5.35. The van der Waals surface area contributed by atoms with Gasteiger partial charge in [0, 0.05) is 19.1 Å². The summed E-state index contributed by atoms with van der Waals surface area (Å²) in [5, 5.41) is 1.16. The van der Waals surface area contributed by atoms with Crippen LogP contribution in [-0.4, -0.2) is 22.5 Å². The molecular weight excluding hydrogens is 228 g/mol. The van der Waals surface area contributed by atoms with E-state index in [1.165, 1.54) is 0 Å². The molecule has 0 heterocycles. The molecule has 1 aromatic rings. The Morgan fingerprint density at radius 3 is 2.27 bits per heavy atom. The minimum absolute atomic E-state index is 0.514. The second-order valence-corrected chi connectivity index (χ2v) is 5.29. The van der Waals surface area contributed by atoms with E-state index in [1.54, 1.807) is 0 Å². The lowest BCUT2D eigenvalue weighted by atomic mass is 10.2. The highest BCUT2D eigenvalue weighted by molar-refractivity contribution is 6.62. The zero-order valence-electron chi connectivity index (χ0n) is 9.20. The van der Waals surface area contributed by atoms with Crippen LogP contribution >= 0.6 is 11.6 Å². The minimum Gasteiger partial charge on any atom is -0.394 e. The monoisotopic (exact) mass is 244 g/mol. The molecule has 0 saturated heterocycles. The minimum atomic E-state index is -1.73. The molecule has 0 atom stereocenters. The van der Waals surface area contributed by atoms with Crippen LogP contribution in [0.2, 0.25) is 0 Å². The highest BCUT2D eigenvalue weighted by Crippen LogP contribution is 2.04. The van der Waals surface area contributed by atoms with Gasteiger partial charge in [0.1, 0.15) is 0 Å². The summed E-state index contributed by atoms with van der Waals surface area (Å²) < 4.78 is 11.3. The Morgan fingerprint density at radius 1 is 1.13 bits per heavy atom. The standard InChI is InChI=1S/C11H17ClO2Si/c1-3-13-15(14-4-2)11-8-6-5-7-10(11)9-12/h5-8,15H,3-4,9H2,1-2H3. The first-order chi connectivity index (χ1) is 7.33. The van der Waals surface area contributed by atoms with Crippen molar-refractivity contribution in [2.24, 2.45) is 0 Å². The number of halogens is 1. The Bertz CT molecular complexity index is 288. The number of rotatable bonds is 6. The Balaban J connectivity index is 2.88. The van der Waals surface area contributed by atoms with Crippen molar-refractivity contribution in [2.75, 3.05) is 13.2 Å². The number of hydrogen-bond donors (Lipinski definition) is 0. The van der Waals surface area contributed by atoms with Crippen LogP contribution in [0.4, 0.5) is 0 Å². The molecule has 0 aliphatic rings. The van der Waals surface area contributed by atoms with E-state index in [0.29, 0.717) is 19.1 Å². The van der Waals surface area contributed by atoms with E-state index in [-0.39, 0.29) is 0 Å². The zero-order chi connectivity index (χ0) is 11.1. The van der Waals surface area contributed by atoms with E-state index >= 15 is 0 Å². The summed E-state index contributed by atoms with van der Waals surface area (Å²) in [5.41, 5.74) is 1.12. The maximum absolute atomic E-state index is 5.89. The normalized spacial score (nSPS) is 10.9. The molecule has 2 nitrogen and oxygen atoms in total. The van der Waals surface area contributed by atoms with E-state index in [1.807, 2.05) is 32.0 Å². The lowest BCUT2D eigenvalue weighted by Gasteiger charge is -2.17. The predicted molar refractivity (Wildman–Crippen MR) is 66.0 cm³/mol. The maximum atomic E-state index is 5.89. The molecule has 4 heteroatoms. The average molecular weight is 245 g/mol. The van der Waals surface area contributed by atoms with Gasteiger partial charge < -0.3 is 8.85 Å². The summed E-state index contributed by atoms with van der Waals surface area (Å²) >= 11 is 5.89. The van der Waals surface area contributed by atoms with Gasteiger partial charge in [-0.05, 0) is 24.6 Å². The first kappa shape index (κ1) is 12.7. The van der Waals surface area contributed by atoms with Crippen molar-refractivity contribution in [3.63, 3.8) is 0 Å². The first-order valence-electron chi connectivity index (χ1n) is 5.20. The molecule has 0 unspecified atom stereocenters. The van der Waals surface area contributed by atoms with E-state index in [9.17, 15) is 0 Å². The first-order valence-corrected chi connectivity index (χ1v) is 7.25. The molecule has 1 rings (SSSR count). The third kappa shape index (κ3) is 3.61. The lowest BCUT2D eigenvalue weighted by Crippen LogP contribution is -2.39.